The van der Waals surface area contributed by atoms with Gasteiger partial charge >= 0.3 is 0 Å². The third-order valence-corrected chi connectivity index (χ3v) is 4.61. The normalized spacial score (nSPS) is 14.5. The highest BCUT2D eigenvalue weighted by Gasteiger charge is 2.17. The number of benzene rings is 1. The molecule has 138 valence electrons. The molecule has 0 saturated heterocycles. The minimum atomic E-state index is -0.0691. The molecule has 1 aromatic carbocycles. The van der Waals surface area contributed by atoms with Gasteiger partial charge < -0.3 is 20.1 Å². The molecule has 1 aliphatic carbocycles. The molecular weight excluding hydrogens is 330 g/mol. The van der Waals surface area contributed by atoms with Crippen LogP contribution in [0.3, 0.4) is 0 Å². The lowest BCUT2D eigenvalue weighted by atomic mass is 9.95. The molecule has 1 saturated carbocycles. The highest BCUT2D eigenvalue weighted by molar-refractivity contribution is 5.95. The fourth-order valence-electron chi connectivity index (χ4n) is 3.23. The summed E-state index contributed by atoms with van der Waals surface area (Å²) in [5.41, 5.74) is 2.13. The highest BCUT2D eigenvalue weighted by Crippen LogP contribution is 2.31. The quantitative estimate of drug-likeness (QED) is 0.822. The minimum absolute atomic E-state index is 0.0691. The molecule has 2 N–H and O–H groups in total. The second kappa shape index (κ2) is 8.56. The summed E-state index contributed by atoms with van der Waals surface area (Å²) < 4.78 is 10.6. The Kier molecular flexibility index (Phi) is 5.94. The van der Waals surface area contributed by atoms with Crippen molar-refractivity contribution < 1.29 is 14.3 Å². The van der Waals surface area contributed by atoms with Crippen molar-refractivity contribution in [2.75, 3.05) is 19.5 Å². The van der Waals surface area contributed by atoms with E-state index >= 15 is 0 Å². The van der Waals surface area contributed by atoms with Gasteiger partial charge in [0.05, 0.1) is 31.7 Å². The first-order valence-corrected chi connectivity index (χ1v) is 8.94. The van der Waals surface area contributed by atoms with Gasteiger partial charge in [-0.05, 0) is 31.0 Å². The number of ether oxygens (including phenoxy) is 2. The van der Waals surface area contributed by atoms with Crippen molar-refractivity contribution in [3.63, 3.8) is 0 Å². The van der Waals surface area contributed by atoms with Gasteiger partial charge in [0.25, 0.3) is 5.91 Å². The number of rotatable bonds is 6. The van der Waals surface area contributed by atoms with Crippen LogP contribution in [0.5, 0.6) is 11.5 Å². The SMILES string of the molecule is COc1ccc(Nc2cncc(C(=O)NC3CCCCC3)c2)cc1OC. The van der Waals surface area contributed by atoms with Crippen LogP contribution in [0.4, 0.5) is 11.4 Å². The van der Waals surface area contributed by atoms with E-state index in [2.05, 4.69) is 15.6 Å². The standard InChI is InChI=1S/C20H25N3O3/c1-25-18-9-8-16(11-19(18)26-2)22-17-10-14(12-21-13-17)20(24)23-15-6-4-3-5-7-15/h8-13,15,22H,3-7H2,1-2H3,(H,23,24). The molecule has 0 atom stereocenters. The second-order valence-electron chi connectivity index (χ2n) is 6.47. The first kappa shape index (κ1) is 18.0. The average Bonchev–Trinajstić information content (AvgIpc) is 2.69. The molecule has 1 fully saturated rings. The van der Waals surface area contributed by atoms with Crippen LogP contribution in [0.2, 0.25) is 0 Å². The monoisotopic (exact) mass is 355 g/mol. The van der Waals surface area contributed by atoms with E-state index in [1.807, 2.05) is 24.3 Å². The summed E-state index contributed by atoms with van der Waals surface area (Å²) in [4.78, 5) is 16.7. The molecule has 1 heterocycles. The van der Waals surface area contributed by atoms with Crippen molar-refractivity contribution in [3.05, 3.63) is 42.2 Å². The van der Waals surface area contributed by atoms with Gasteiger partial charge in [-0.3, -0.25) is 9.78 Å². The van der Waals surface area contributed by atoms with Crippen LogP contribution < -0.4 is 20.1 Å². The van der Waals surface area contributed by atoms with Gasteiger partial charge in [0.15, 0.2) is 11.5 Å². The first-order chi connectivity index (χ1) is 12.7. The summed E-state index contributed by atoms with van der Waals surface area (Å²) in [6.45, 7) is 0. The van der Waals surface area contributed by atoms with Crippen LogP contribution in [0.25, 0.3) is 0 Å². The van der Waals surface area contributed by atoms with Crippen molar-refractivity contribution in [3.8, 4) is 11.5 Å². The second-order valence-corrected chi connectivity index (χ2v) is 6.47. The minimum Gasteiger partial charge on any atom is -0.493 e. The largest absolute Gasteiger partial charge is 0.493 e. The number of aromatic nitrogens is 1. The molecule has 6 nitrogen and oxygen atoms in total. The zero-order valence-electron chi connectivity index (χ0n) is 15.2. The summed E-state index contributed by atoms with van der Waals surface area (Å²) >= 11 is 0. The summed E-state index contributed by atoms with van der Waals surface area (Å²) in [5, 5.41) is 6.37. The molecular formula is C20H25N3O3. The van der Waals surface area contributed by atoms with Gasteiger partial charge in [-0.25, -0.2) is 0 Å². The summed E-state index contributed by atoms with van der Waals surface area (Å²) in [5.74, 6) is 1.23. The van der Waals surface area contributed by atoms with Crippen molar-refractivity contribution in [2.45, 2.75) is 38.1 Å². The van der Waals surface area contributed by atoms with Crippen LogP contribution in [-0.2, 0) is 0 Å². The third-order valence-electron chi connectivity index (χ3n) is 4.61. The van der Waals surface area contributed by atoms with Crippen molar-refractivity contribution >= 4 is 17.3 Å². The number of hydrogen-bond acceptors (Lipinski definition) is 5. The number of carbonyl (C=O) groups is 1. The maximum absolute atomic E-state index is 12.5. The number of hydrogen-bond donors (Lipinski definition) is 2. The van der Waals surface area contributed by atoms with Crippen molar-refractivity contribution in [1.29, 1.82) is 0 Å². The van der Waals surface area contributed by atoms with E-state index in [0.29, 0.717) is 17.1 Å². The Morgan fingerprint density at radius 3 is 2.50 bits per heavy atom. The summed E-state index contributed by atoms with van der Waals surface area (Å²) in [6.07, 6.45) is 9.03. The van der Waals surface area contributed by atoms with Gasteiger partial charge in [0.2, 0.25) is 0 Å². The molecule has 0 spiro atoms. The van der Waals surface area contributed by atoms with Crippen LogP contribution in [0.1, 0.15) is 42.5 Å². The van der Waals surface area contributed by atoms with Crippen LogP contribution in [-0.4, -0.2) is 31.2 Å². The van der Waals surface area contributed by atoms with E-state index in [0.717, 1.165) is 24.2 Å². The van der Waals surface area contributed by atoms with Crippen molar-refractivity contribution in [1.82, 2.24) is 10.3 Å². The number of pyridine rings is 1. The van der Waals surface area contributed by atoms with Crippen LogP contribution in [0.15, 0.2) is 36.7 Å². The number of anilines is 2. The lowest BCUT2D eigenvalue weighted by Crippen LogP contribution is -2.36. The zero-order chi connectivity index (χ0) is 18.4. The molecule has 0 aliphatic heterocycles. The van der Waals surface area contributed by atoms with Gasteiger partial charge in [0, 0.05) is 24.0 Å². The Bertz CT molecular complexity index is 758. The summed E-state index contributed by atoms with van der Waals surface area (Å²) in [7, 11) is 3.20. The van der Waals surface area contributed by atoms with Gasteiger partial charge in [-0.1, -0.05) is 19.3 Å². The van der Waals surface area contributed by atoms with E-state index in [-0.39, 0.29) is 11.9 Å². The molecule has 0 bridgehead atoms. The smallest absolute Gasteiger partial charge is 0.253 e. The molecule has 3 rings (SSSR count). The lowest BCUT2D eigenvalue weighted by molar-refractivity contribution is 0.0927. The Labute approximate surface area is 153 Å². The number of nitrogens with one attached hydrogen (secondary N) is 2. The molecule has 6 heteroatoms. The maximum atomic E-state index is 12.5. The fraction of sp³-hybridized carbons (Fsp3) is 0.400. The van der Waals surface area contributed by atoms with E-state index in [9.17, 15) is 4.79 Å². The number of amides is 1. The van der Waals surface area contributed by atoms with E-state index in [1.54, 1.807) is 26.6 Å². The topological polar surface area (TPSA) is 72.5 Å². The zero-order valence-corrected chi connectivity index (χ0v) is 15.2. The highest BCUT2D eigenvalue weighted by atomic mass is 16.5. The number of carbonyl (C=O) groups excluding carboxylic acids is 1. The predicted octanol–water partition coefficient (Wildman–Crippen LogP) is 3.90. The van der Waals surface area contributed by atoms with Crippen LogP contribution >= 0.6 is 0 Å². The van der Waals surface area contributed by atoms with Gasteiger partial charge in [0.1, 0.15) is 0 Å². The Morgan fingerprint density at radius 2 is 1.77 bits per heavy atom. The third kappa shape index (κ3) is 4.45. The van der Waals surface area contributed by atoms with E-state index in [1.165, 1.54) is 19.3 Å². The maximum Gasteiger partial charge on any atom is 0.253 e. The predicted molar refractivity (Wildman–Crippen MR) is 101 cm³/mol. The molecule has 0 radical (unpaired) electrons. The Morgan fingerprint density at radius 1 is 1.00 bits per heavy atom. The Hall–Kier alpha value is -2.76. The average molecular weight is 355 g/mol. The fourth-order valence-corrected chi connectivity index (χ4v) is 3.23. The molecule has 26 heavy (non-hydrogen) atoms. The van der Waals surface area contributed by atoms with Crippen molar-refractivity contribution in [2.24, 2.45) is 0 Å². The molecule has 1 aromatic heterocycles. The number of nitrogens with zero attached hydrogens (tertiary/aromatic N) is 1. The summed E-state index contributed by atoms with van der Waals surface area (Å²) in [6, 6.07) is 7.64. The molecule has 2 aromatic rings. The lowest BCUT2D eigenvalue weighted by Gasteiger charge is -2.22. The number of methoxy groups -OCH3 is 2. The van der Waals surface area contributed by atoms with Gasteiger partial charge in [-0.15, -0.1) is 0 Å². The molecule has 1 amide bonds. The van der Waals surface area contributed by atoms with Gasteiger partial charge in [-0.2, -0.15) is 0 Å². The van der Waals surface area contributed by atoms with E-state index < -0.39 is 0 Å². The van der Waals surface area contributed by atoms with E-state index in [4.69, 9.17) is 9.47 Å². The Balaban J connectivity index is 1.69. The molecule has 1 aliphatic rings. The van der Waals surface area contributed by atoms with Crippen LogP contribution in [0, 0.1) is 0 Å². The first-order valence-electron chi connectivity index (χ1n) is 8.94. The molecule has 0 unspecified atom stereocenters.